The topological polar surface area (TPSA) is 180 Å². The highest BCUT2D eigenvalue weighted by Crippen LogP contribution is 2.34. The van der Waals surface area contributed by atoms with Crippen LogP contribution < -0.4 is 5.73 Å². The number of benzene rings is 2. The van der Waals surface area contributed by atoms with E-state index < -0.39 is 35.8 Å². The third-order valence-corrected chi connectivity index (χ3v) is 4.53. The van der Waals surface area contributed by atoms with E-state index in [4.69, 9.17) is 14.8 Å². The lowest BCUT2D eigenvalue weighted by Crippen LogP contribution is -2.02. The first-order valence-corrected chi connectivity index (χ1v) is 8.96. The molecule has 128 valence electrons. The van der Waals surface area contributed by atoms with Gasteiger partial charge in [0.25, 0.3) is 20.2 Å². The number of hydrogen-bond donors (Lipinski definition) is 4. The summed E-state index contributed by atoms with van der Waals surface area (Å²) in [6, 6.07) is 6.46. The fourth-order valence-electron chi connectivity index (χ4n) is 1.70. The molecule has 0 bridgehead atoms. The summed E-state index contributed by atoms with van der Waals surface area (Å²) in [7, 11) is -9.06. The summed E-state index contributed by atoms with van der Waals surface area (Å²) in [5.74, 6) is -0.505. The first-order valence-electron chi connectivity index (χ1n) is 6.08. The molecule has 2 aromatic carbocycles. The van der Waals surface area contributed by atoms with Crippen molar-refractivity contribution in [2.45, 2.75) is 9.79 Å². The highest BCUT2D eigenvalue weighted by Gasteiger charge is 2.17. The standard InChI is InChI=1S/C12H11N3O7S2/c13-9-5-11(16)10(6-12(9)24(20,21)22)15-14-7-2-1-3-8(4-7)23(17,18)19/h1-6,16H,13H2,(H,17,18,19)(H,20,21,22). The van der Waals surface area contributed by atoms with Gasteiger partial charge < -0.3 is 10.8 Å². The molecule has 0 aliphatic carbocycles. The van der Waals surface area contributed by atoms with Crippen molar-refractivity contribution in [2.24, 2.45) is 10.2 Å². The van der Waals surface area contributed by atoms with Crippen LogP contribution in [0, 0.1) is 0 Å². The molecule has 2 aromatic rings. The van der Waals surface area contributed by atoms with Crippen LogP contribution in [-0.4, -0.2) is 31.0 Å². The molecule has 24 heavy (non-hydrogen) atoms. The third-order valence-electron chi connectivity index (χ3n) is 2.77. The molecule has 0 saturated carbocycles. The van der Waals surface area contributed by atoms with Gasteiger partial charge in [-0.25, -0.2) is 0 Å². The quantitative estimate of drug-likeness (QED) is 0.356. The normalized spacial score (nSPS) is 12.6. The summed E-state index contributed by atoms with van der Waals surface area (Å²) >= 11 is 0. The molecular formula is C12H11N3O7S2. The number of nitrogen functional groups attached to an aromatic ring is 1. The number of azo groups is 1. The predicted octanol–water partition coefficient (Wildman–Crippen LogP) is 1.88. The number of rotatable bonds is 4. The zero-order chi connectivity index (χ0) is 18.1. The summed E-state index contributed by atoms with van der Waals surface area (Å²) in [5.41, 5.74) is 4.68. The largest absolute Gasteiger partial charge is 0.506 e. The zero-order valence-corrected chi connectivity index (χ0v) is 13.4. The van der Waals surface area contributed by atoms with E-state index in [-0.39, 0.29) is 17.1 Å². The molecule has 5 N–H and O–H groups in total. The van der Waals surface area contributed by atoms with Crippen molar-refractivity contribution in [3.8, 4) is 5.75 Å². The van der Waals surface area contributed by atoms with Crippen molar-refractivity contribution < 1.29 is 31.0 Å². The molecule has 0 aromatic heterocycles. The Morgan fingerprint density at radius 3 is 2.17 bits per heavy atom. The lowest BCUT2D eigenvalue weighted by molar-refractivity contribution is 0.474. The van der Waals surface area contributed by atoms with E-state index in [1.807, 2.05) is 0 Å². The first-order chi connectivity index (χ1) is 11.0. The molecule has 10 nitrogen and oxygen atoms in total. The number of phenols is 1. The van der Waals surface area contributed by atoms with E-state index in [0.29, 0.717) is 0 Å². The maximum atomic E-state index is 11.2. The second-order valence-electron chi connectivity index (χ2n) is 4.53. The molecule has 0 radical (unpaired) electrons. The van der Waals surface area contributed by atoms with Crippen LogP contribution in [0.1, 0.15) is 0 Å². The number of anilines is 1. The Balaban J connectivity index is 2.47. The van der Waals surface area contributed by atoms with Crippen LogP contribution in [0.3, 0.4) is 0 Å². The number of nitrogens with two attached hydrogens (primary N) is 1. The number of hydrogen-bond acceptors (Lipinski definition) is 8. The fourth-order valence-corrected chi connectivity index (χ4v) is 2.83. The van der Waals surface area contributed by atoms with Gasteiger partial charge in [-0.2, -0.15) is 21.9 Å². The maximum absolute atomic E-state index is 11.2. The third kappa shape index (κ3) is 4.05. The number of nitrogens with zero attached hydrogens (tertiary/aromatic N) is 2. The summed E-state index contributed by atoms with van der Waals surface area (Å²) in [6.45, 7) is 0. The second-order valence-corrected chi connectivity index (χ2v) is 7.34. The summed E-state index contributed by atoms with van der Waals surface area (Å²) in [6.07, 6.45) is 0. The van der Waals surface area contributed by atoms with Crippen LogP contribution in [0.2, 0.25) is 0 Å². The molecule has 0 aliphatic rings. The Morgan fingerprint density at radius 1 is 0.917 bits per heavy atom. The molecule has 0 atom stereocenters. The van der Waals surface area contributed by atoms with Crippen molar-refractivity contribution in [1.82, 2.24) is 0 Å². The van der Waals surface area contributed by atoms with Gasteiger partial charge in [0, 0.05) is 6.07 Å². The highest BCUT2D eigenvalue weighted by molar-refractivity contribution is 7.86. The van der Waals surface area contributed by atoms with Gasteiger partial charge in [-0.15, -0.1) is 5.11 Å². The van der Waals surface area contributed by atoms with E-state index in [9.17, 15) is 21.9 Å². The Labute approximate surface area is 136 Å². The minimum atomic E-state index is -4.63. The van der Waals surface area contributed by atoms with Crippen molar-refractivity contribution >= 4 is 37.3 Å². The molecule has 2 rings (SSSR count). The van der Waals surface area contributed by atoms with Crippen LogP contribution in [0.25, 0.3) is 0 Å². The van der Waals surface area contributed by atoms with E-state index in [1.54, 1.807) is 0 Å². The minimum absolute atomic E-state index is 0.00903. The van der Waals surface area contributed by atoms with Gasteiger partial charge in [0.1, 0.15) is 16.3 Å². The van der Waals surface area contributed by atoms with Gasteiger partial charge in [0.05, 0.1) is 16.3 Å². The van der Waals surface area contributed by atoms with Gasteiger partial charge in [0.2, 0.25) is 0 Å². The van der Waals surface area contributed by atoms with Gasteiger partial charge in [-0.1, -0.05) is 6.07 Å². The Morgan fingerprint density at radius 2 is 1.58 bits per heavy atom. The van der Waals surface area contributed by atoms with E-state index in [2.05, 4.69) is 10.2 Å². The molecule has 0 fully saturated rings. The van der Waals surface area contributed by atoms with Crippen molar-refractivity contribution in [1.29, 1.82) is 0 Å². The van der Waals surface area contributed by atoms with Gasteiger partial charge in [-0.05, 0) is 24.3 Å². The van der Waals surface area contributed by atoms with Crippen molar-refractivity contribution in [3.63, 3.8) is 0 Å². The average Bonchev–Trinajstić information content (AvgIpc) is 2.44. The van der Waals surface area contributed by atoms with Crippen LogP contribution in [0.5, 0.6) is 5.75 Å². The smallest absolute Gasteiger partial charge is 0.296 e. The zero-order valence-electron chi connectivity index (χ0n) is 11.7. The molecule has 0 aliphatic heterocycles. The molecule has 0 heterocycles. The number of phenolic OH excluding ortho intramolecular Hbond substituents is 1. The van der Waals surface area contributed by atoms with Crippen LogP contribution in [0.15, 0.2) is 56.4 Å². The summed E-state index contributed by atoms with van der Waals surface area (Å²) in [4.78, 5) is -1.08. The summed E-state index contributed by atoms with van der Waals surface area (Å²) in [5, 5.41) is 16.9. The van der Waals surface area contributed by atoms with Gasteiger partial charge in [-0.3, -0.25) is 9.11 Å². The lowest BCUT2D eigenvalue weighted by atomic mass is 10.2. The highest BCUT2D eigenvalue weighted by atomic mass is 32.2. The summed E-state index contributed by atoms with van der Waals surface area (Å²) < 4.78 is 62.4. The lowest BCUT2D eigenvalue weighted by Gasteiger charge is -2.05. The van der Waals surface area contributed by atoms with Crippen molar-refractivity contribution in [3.05, 3.63) is 36.4 Å². The maximum Gasteiger partial charge on any atom is 0.296 e. The van der Waals surface area contributed by atoms with E-state index >= 15 is 0 Å². The average molecular weight is 373 g/mol. The van der Waals surface area contributed by atoms with Crippen molar-refractivity contribution in [2.75, 3.05) is 5.73 Å². The fraction of sp³-hybridized carbons (Fsp3) is 0. The monoisotopic (exact) mass is 373 g/mol. The first kappa shape index (κ1) is 17.8. The van der Waals surface area contributed by atoms with Crippen LogP contribution >= 0.6 is 0 Å². The number of aromatic hydroxyl groups is 1. The van der Waals surface area contributed by atoms with Crippen LogP contribution in [0.4, 0.5) is 17.1 Å². The second kappa shape index (κ2) is 6.16. The Kier molecular flexibility index (Phi) is 4.57. The predicted molar refractivity (Wildman–Crippen MR) is 82.8 cm³/mol. The molecule has 0 saturated heterocycles. The minimum Gasteiger partial charge on any atom is -0.506 e. The molecule has 0 unspecified atom stereocenters. The van der Waals surface area contributed by atoms with Crippen LogP contribution in [-0.2, 0) is 20.2 Å². The molecule has 0 amide bonds. The van der Waals surface area contributed by atoms with E-state index in [0.717, 1.165) is 24.3 Å². The molecule has 0 spiro atoms. The SMILES string of the molecule is Nc1cc(O)c(N=Nc2cccc(S(=O)(=O)O)c2)cc1S(=O)(=O)O. The Hall–Kier alpha value is -2.54. The van der Waals surface area contributed by atoms with Gasteiger partial charge in [0.15, 0.2) is 0 Å². The molecule has 12 heteroatoms. The van der Waals surface area contributed by atoms with Gasteiger partial charge >= 0.3 is 0 Å². The Bertz CT molecular complexity index is 1030. The molecular weight excluding hydrogens is 362 g/mol. The van der Waals surface area contributed by atoms with E-state index in [1.165, 1.54) is 12.1 Å².